The molecule has 1 rings (SSSR count). The van der Waals surface area contributed by atoms with E-state index in [0.717, 1.165) is 6.42 Å². The summed E-state index contributed by atoms with van der Waals surface area (Å²) in [7, 11) is -1.30. The van der Waals surface area contributed by atoms with Gasteiger partial charge in [0.15, 0.2) is 0 Å². The highest BCUT2D eigenvalue weighted by molar-refractivity contribution is 6.84. The van der Waals surface area contributed by atoms with Crippen molar-refractivity contribution in [3.63, 3.8) is 0 Å². The summed E-state index contributed by atoms with van der Waals surface area (Å²) in [5.41, 5.74) is 5.92. The summed E-state index contributed by atoms with van der Waals surface area (Å²) in [4.78, 5) is 0. The molecule has 0 spiro atoms. The molecule has 0 bridgehead atoms. The van der Waals surface area contributed by atoms with Crippen LogP contribution in [-0.2, 0) is 0 Å². The summed E-state index contributed by atoms with van der Waals surface area (Å²) < 4.78 is 0. The highest BCUT2D eigenvalue weighted by Gasteiger charge is 2.08. The fraction of sp³-hybridized carbons (Fsp3) is 0.412. The minimum Gasteiger partial charge on any atom is -0.127 e. The molecule has 0 aliphatic rings. The Morgan fingerprint density at radius 2 is 1.83 bits per heavy atom. The molecule has 18 heavy (non-hydrogen) atoms. The molecule has 0 amide bonds. The molecule has 0 nitrogen and oxygen atoms in total. The predicted molar refractivity (Wildman–Crippen MR) is 85.1 cm³/mol. The number of hydrogen-bond donors (Lipinski definition) is 0. The zero-order chi connectivity index (χ0) is 13.4. The Kier molecular flexibility index (Phi) is 5.95. The third kappa shape index (κ3) is 5.89. The molecule has 0 saturated heterocycles. The molecule has 96 valence electrons. The van der Waals surface area contributed by atoms with E-state index in [2.05, 4.69) is 74.4 Å². The van der Waals surface area contributed by atoms with Crippen molar-refractivity contribution < 1.29 is 0 Å². The van der Waals surface area contributed by atoms with Gasteiger partial charge in [0, 0.05) is 5.57 Å². The van der Waals surface area contributed by atoms with Crippen LogP contribution in [0.25, 0.3) is 5.57 Å². The molecule has 0 heterocycles. The van der Waals surface area contributed by atoms with Crippen LogP contribution in [0.1, 0.15) is 31.7 Å². The van der Waals surface area contributed by atoms with Gasteiger partial charge in [0.1, 0.15) is 8.07 Å². The van der Waals surface area contributed by atoms with Crippen molar-refractivity contribution in [2.45, 2.75) is 45.8 Å². The molecule has 0 N–H and O–H groups in total. The lowest BCUT2D eigenvalue weighted by molar-refractivity contribution is 0.816. The standard InChI is InChI=1S/C17H24Si/c1-5-6-8-11-17(14-15-18(2,3)4)16-12-9-7-10-13-16/h7,9-13H,5-6,8H2,1-4H3/b17-11-. The second kappa shape index (κ2) is 7.23. The molecular weight excluding hydrogens is 232 g/mol. The number of hydrogen-bond acceptors (Lipinski definition) is 0. The van der Waals surface area contributed by atoms with Crippen LogP contribution in [0, 0.1) is 11.5 Å². The molecule has 0 unspecified atom stereocenters. The van der Waals surface area contributed by atoms with E-state index in [1.165, 1.54) is 24.0 Å². The average molecular weight is 256 g/mol. The van der Waals surface area contributed by atoms with Crippen LogP contribution in [0.5, 0.6) is 0 Å². The number of benzene rings is 1. The molecular formula is C17H24Si. The molecule has 1 aromatic carbocycles. The fourth-order valence-corrected chi connectivity index (χ4v) is 2.07. The highest BCUT2D eigenvalue weighted by atomic mass is 28.3. The lowest BCUT2D eigenvalue weighted by Crippen LogP contribution is -2.16. The fourth-order valence-electron chi connectivity index (χ4n) is 1.56. The van der Waals surface area contributed by atoms with Crippen LogP contribution in [0.3, 0.4) is 0 Å². The average Bonchev–Trinajstić information content (AvgIpc) is 2.33. The SMILES string of the molecule is CCCC/C=C(/C#C[Si](C)(C)C)c1ccccc1. The summed E-state index contributed by atoms with van der Waals surface area (Å²) >= 11 is 0. The van der Waals surface area contributed by atoms with Crippen LogP contribution in [0.15, 0.2) is 36.4 Å². The molecule has 0 radical (unpaired) electrons. The summed E-state index contributed by atoms with van der Waals surface area (Å²) in [5.74, 6) is 3.41. The molecule has 0 aliphatic carbocycles. The van der Waals surface area contributed by atoms with Gasteiger partial charge < -0.3 is 0 Å². The molecule has 0 aromatic heterocycles. The van der Waals surface area contributed by atoms with E-state index in [1.54, 1.807) is 0 Å². The Hall–Kier alpha value is -1.26. The summed E-state index contributed by atoms with van der Waals surface area (Å²) in [6, 6.07) is 10.5. The van der Waals surface area contributed by atoms with Crippen LogP contribution >= 0.6 is 0 Å². The van der Waals surface area contributed by atoms with Gasteiger partial charge in [-0.25, -0.2) is 0 Å². The Balaban J connectivity index is 2.95. The predicted octanol–water partition coefficient (Wildman–Crippen LogP) is 5.14. The summed E-state index contributed by atoms with van der Waals surface area (Å²) in [6.45, 7) is 9.09. The highest BCUT2D eigenvalue weighted by Crippen LogP contribution is 2.15. The van der Waals surface area contributed by atoms with Crippen molar-refractivity contribution in [2.75, 3.05) is 0 Å². The van der Waals surface area contributed by atoms with Crippen LogP contribution in [0.2, 0.25) is 19.6 Å². The van der Waals surface area contributed by atoms with E-state index < -0.39 is 8.07 Å². The van der Waals surface area contributed by atoms with Crippen LogP contribution < -0.4 is 0 Å². The first kappa shape index (κ1) is 14.8. The van der Waals surface area contributed by atoms with Gasteiger partial charge in [0.05, 0.1) is 0 Å². The van der Waals surface area contributed by atoms with Crippen molar-refractivity contribution in [3.05, 3.63) is 42.0 Å². The van der Waals surface area contributed by atoms with Crippen molar-refractivity contribution in [2.24, 2.45) is 0 Å². The second-order valence-electron chi connectivity index (χ2n) is 5.63. The van der Waals surface area contributed by atoms with Crippen LogP contribution in [-0.4, -0.2) is 8.07 Å². The van der Waals surface area contributed by atoms with Crippen molar-refractivity contribution in [1.29, 1.82) is 0 Å². The van der Waals surface area contributed by atoms with E-state index >= 15 is 0 Å². The first-order chi connectivity index (χ1) is 8.53. The van der Waals surface area contributed by atoms with Gasteiger partial charge >= 0.3 is 0 Å². The van der Waals surface area contributed by atoms with E-state index in [-0.39, 0.29) is 0 Å². The van der Waals surface area contributed by atoms with Gasteiger partial charge in [0.25, 0.3) is 0 Å². The van der Waals surface area contributed by atoms with Gasteiger partial charge in [-0.1, -0.05) is 81.7 Å². The molecule has 1 aromatic rings. The number of rotatable bonds is 4. The summed E-state index contributed by atoms with van der Waals surface area (Å²) in [6.07, 6.45) is 5.90. The Morgan fingerprint density at radius 3 is 2.39 bits per heavy atom. The second-order valence-corrected chi connectivity index (χ2v) is 10.4. The molecule has 0 aliphatic heterocycles. The monoisotopic (exact) mass is 256 g/mol. The number of allylic oxidation sites excluding steroid dienone is 2. The van der Waals surface area contributed by atoms with Gasteiger partial charge in [-0.15, -0.1) is 5.54 Å². The quantitative estimate of drug-likeness (QED) is 0.397. The van der Waals surface area contributed by atoms with Gasteiger partial charge in [0.2, 0.25) is 0 Å². The first-order valence-corrected chi connectivity index (χ1v) is 10.3. The molecule has 0 saturated carbocycles. The lowest BCUT2D eigenvalue weighted by atomic mass is 10.0. The first-order valence-electron chi connectivity index (χ1n) is 6.81. The normalized spacial score (nSPS) is 11.9. The van der Waals surface area contributed by atoms with E-state index in [9.17, 15) is 0 Å². The molecule has 1 heteroatoms. The van der Waals surface area contributed by atoms with Gasteiger partial charge in [-0.05, 0) is 12.0 Å². The molecule has 0 atom stereocenters. The maximum Gasteiger partial charge on any atom is 0.129 e. The maximum atomic E-state index is 3.47. The summed E-state index contributed by atoms with van der Waals surface area (Å²) in [5, 5.41) is 0. The Bertz CT molecular complexity index is 438. The van der Waals surface area contributed by atoms with Gasteiger partial charge in [-0.2, -0.15) is 0 Å². The van der Waals surface area contributed by atoms with Gasteiger partial charge in [-0.3, -0.25) is 0 Å². The lowest BCUT2D eigenvalue weighted by Gasteiger charge is -2.05. The minimum atomic E-state index is -1.30. The Labute approximate surface area is 113 Å². The van der Waals surface area contributed by atoms with Crippen molar-refractivity contribution in [3.8, 4) is 11.5 Å². The third-order valence-electron chi connectivity index (χ3n) is 2.56. The van der Waals surface area contributed by atoms with E-state index in [4.69, 9.17) is 0 Å². The topological polar surface area (TPSA) is 0 Å². The molecule has 0 fully saturated rings. The van der Waals surface area contributed by atoms with E-state index in [1.807, 2.05) is 0 Å². The minimum absolute atomic E-state index is 1.13. The van der Waals surface area contributed by atoms with E-state index in [0.29, 0.717) is 0 Å². The smallest absolute Gasteiger partial charge is 0.127 e. The third-order valence-corrected chi connectivity index (χ3v) is 3.44. The largest absolute Gasteiger partial charge is 0.129 e. The Morgan fingerprint density at radius 1 is 1.17 bits per heavy atom. The van der Waals surface area contributed by atoms with Crippen LogP contribution in [0.4, 0.5) is 0 Å². The van der Waals surface area contributed by atoms with Crippen molar-refractivity contribution in [1.82, 2.24) is 0 Å². The zero-order valence-electron chi connectivity index (χ0n) is 12.1. The number of unbranched alkanes of at least 4 members (excludes halogenated alkanes) is 2. The maximum absolute atomic E-state index is 3.47. The zero-order valence-corrected chi connectivity index (χ0v) is 13.1. The van der Waals surface area contributed by atoms with Crippen molar-refractivity contribution >= 4 is 13.6 Å².